The molecule has 2 rings (SSSR count). The molecule has 0 radical (unpaired) electrons. The van der Waals surface area contributed by atoms with Crippen LogP contribution in [-0.2, 0) is 11.2 Å². The van der Waals surface area contributed by atoms with Crippen molar-refractivity contribution in [2.75, 3.05) is 33.8 Å². The van der Waals surface area contributed by atoms with E-state index in [9.17, 15) is 4.79 Å². The number of rotatable bonds is 8. The van der Waals surface area contributed by atoms with Gasteiger partial charge in [-0.25, -0.2) is 0 Å². The standard InChI is InChI=1S/C19H22ClNO5/c1-23-13-6-7-16(24-2)12(9-13)5-8-19(22)21-15-10-14(20)17(25-3)11-18(15)26-4/h6-7,9-11H,5,8H2,1-4H3,(H,21,22). The van der Waals surface area contributed by atoms with Crippen LogP contribution in [0.2, 0.25) is 5.02 Å². The van der Waals surface area contributed by atoms with Crippen LogP contribution in [0.15, 0.2) is 30.3 Å². The molecule has 0 saturated carbocycles. The van der Waals surface area contributed by atoms with E-state index < -0.39 is 0 Å². The number of hydrogen-bond acceptors (Lipinski definition) is 5. The topological polar surface area (TPSA) is 66.0 Å². The van der Waals surface area contributed by atoms with Gasteiger partial charge in [-0.15, -0.1) is 0 Å². The van der Waals surface area contributed by atoms with Crippen molar-refractivity contribution >= 4 is 23.2 Å². The van der Waals surface area contributed by atoms with Crippen LogP contribution >= 0.6 is 11.6 Å². The van der Waals surface area contributed by atoms with Crippen LogP contribution in [0, 0.1) is 0 Å². The lowest BCUT2D eigenvalue weighted by molar-refractivity contribution is -0.116. The van der Waals surface area contributed by atoms with Gasteiger partial charge in [0.2, 0.25) is 5.91 Å². The predicted octanol–water partition coefficient (Wildman–Crippen LogP) is 3.95. The van der Waals surface area contributed by atoms with Crippen molar-refractivity contribution in [2.24, 2.45) is 0 Å². The number of amides is 1. The Hall–Kier alpha value is -2.60. The highest BCUT2D eigenvalue weighted by atomic mass is 35.5. The van der Waals surface area contributed by atoms with E-state index in [0.717, 1.165) is 5.56 Å². The summed E-state index contributed by atoms with van der Waals surface area (Å²) in [7, 11) is 6.22. The number of ether oxygens (including phenoxy) is 4. The molecule has 0 aliphatic heterocycles. The molecule has 26 heavy (non-hydrogen) atoms. The molecule has 2 aromatic rings. The molecule has 140 valence electrons. The molecule has 0 aliphatic rings. The first-order valence-corrected chi connectivity index (χ1v) is 8.32. The zero-order chi connectivity index (χ0) is 19.1. The Morgan fingerprint density at radius 1 is 0.923 bits per heavy atom. The fourth-order valence-corrected chi connectivity index (χ4v) is 2.74. The Kier molecular flexibility index (Phi) is 6.97. The second-order valence-electron chi connectivity index (χ2n) is 5.41. The normalized spacial score (nSPS) is 10.2. The zero-order valence-corrected chi connectivity index (χ0v) is 16.0. The van der Waals surface area contributed by atoms with Gasteiger partial charge in [0.1, 0.15) is 23.0 Å². The lowest BCUT2D eigenvalue weighted by Crippen LogP contribution is -2.13. The maximum atomic E-state index is 12.4. The molecule has 0 aromatic heterocycles. The van der Waals surface area contributed by atoms with Crippen molar-refractivity contribution < 1.29 is 23.7 Å². The summed E-state index contributed by atoms with van der Waals surface area (Å²) in [6.45, 7) is 0. The van der Waals surface area contributed by atoms with Gasteiger partial charge in [-0.3, -0.25) is 4.79 Å². The monoisotopic (exact) mass is 379 g/mol. The van der Waals surface area contributed by atoms with Crippen LogP contribution in [0.3, 0.4) is 0 Å². The molecule has 0 spiro atoms. The quantitative estimate of drug-likeness (QED) is 0.752. The summed E-state index contributed by atoms with van der Waals surface area (Å²) >= 11 is 6.13. The third-order valence-electron chi connectivity index (χ3n) is 3.86. The summed E-state index contributed by atoms with van der Waals surface area (Å²) in [5.41, 5.74) is 1.38. The number of carbonyl (C=O) groups is 1. The van der Waals surface area contributed by atoms with E-state index in [0.29, 0.717) is 40.1 Å². The molecule has 0 unspecified atom stereocenters. The summed E-state index contributed by atoms with van der Waals surface area (Å²) in [4.78, 5) is 12.4. The maximum Gasteiger partial charge on any atom is 0.224 e. The Morgan fingerprint density at radius 2 is 1.62 bits per heavy atom. The summed E-state index contributed by atoms with van der Waals surface area (Å²) in [6.07, 6.45) is 0.759. The van der Waals surface area contributed by atoms with Gasteiger partial charge in [-0.05, 0) is 36.2 Å². The summed E-state index contributed by atoms with van der Waals surface area (Å²) in [5.74, 6) is 2.20. The minimum atomic E-state index is -0.172. The summed E-state index contributed by atoms with van der Waals surface area (Å²) in [6, 6.07) is 8.72. The molecule has 6 nitrogen and oxygen atoms in total. The highest BCUT2D eigenvalue weighted by Crippen LogP contribution is 2.36. The first-order valence-electron chi connectivity index (χ1n) is 7.94. The average molecular weight is 380 g/mol. The number of halogens is 1. The van der Waals surface area contributed by atoms with Crippen molar-refractivity contribution in [1.29, 1.82) is 0 Å². The number of hydrogen-bond donors (Lipinski definition) is 1. The van der Waals surface area contributed by atoms with Crippen LogP contribution in [0.1, 0.15) is 12.0 Å². The molecule has 1 amide bonds. The van der Waals surface area contributed by atoms with Gasteiger partial charge in [0.25, 0.3) is 0 Å². The van der Waals surface area contributed by atoms with Gasteiger partial charge in [-0.1, -0.05) is 11.6 Å². The average Bonchev–Trinajstić information content (AvgIpc) is 2.66. The number of benzene rings is 2. The van der Waals surface area contributed by atoms with Crippen molar-refractivity contribution in [3.8, 4) is 23.0 Å². The third-order valence-corrected chi connectivity index (χ3v) is 4.15. The van der Waals surface area contributed by atoms with Gasteiger partial charge < -0.3 is 24.3 Å². The fourth-order valence-electron chi connectivity index (χ4n) is 2.50. The van der Waals surface area contributed by atoms with Crippen molar-refractivity contribution in [1.82, 2.24) is 0 Å². The SMILES string of the molecule is COc1ccc(OC)c(CCC(=O)Nc2cc(Cl)c(OC)cc2OC)c1. The van der Waals surface area contributed by atoms with E-state index in [1.807, 2.05) is 18.2 Å². The van der Waals surface area contributed by atoms with E-state index in [4.69, 9.17) is 30.5 Å². The van der Waals surface area contributed by atoms with Crippen molar-refractivity contribution in [3.05, 3.63) is 40.9 Å². The van der Waals surface area contributed by atoms with Gasteiger partial charge in [0, 0.05) is 12.5 Å². The Balaban J connectivity index is 2.09. The molecule has 0 heterocycles. The predicted molar refractivity (Wildman–Crippen MR) is 101 cm³/mol. The van der Waals surface area contributed by atoms with Crippen molar-refractivity contribution in [2.45, 2.75) is 12.8 Å². The molecule has 1 N–H and O–H groups in total. The van der Waals surface area contributed by atoms with Crippen molar-refractivity contribution in [3.63, 3.8) is 0 Å². The largest absolute Gasteiger partial charge is 0.497 e. The Morgan fingerprint density at radius 3 is 2.23 bits per heavy atom. The van der Waals surface area contributed by atoms with Crippen LogP contribution in [0.25, 0.3) is 0 Å². The van der Waals surface area contributed by atoms with E-state index in [2.05, 4.69) is 5.32 Å². The molecule has 0 bridgehead atoms. The molecule has 0 saturated heterocycles. The van der Waals surface area contributed by atoms with Crippen LogP contribution in [-0.4, -0.2) is 34.3 Å². The molecular weight excluding hydrogens is 358 g/mol. The lowest BCUT2D eigenvalue weighted by Gasteiger charge is -2.14. The van der Waals surface area contributed by atoms with Gasteiger partial charge in [0.15, 0.2) is 0 Å². The second kappa shape index (κ2) is 9.20. The number of carbonyl (C=O) groups excluding carboxylic acids is 1. The molecule has 0 atom stereocenters. The molecule has 0 aliphatic carbocycles. The number of methoxy groups -OCH3 is 4. The van der Waals surface area contributed by atoms with E-state index in [-0.39, 0.29) is 12.3 Å². The van der Waals surface area contributed by atoms with Gasteiger partial charge in [0.05, 0.1) is 39.1 Å². The van der Waals surface area contributed by atoms with E-state index in [1.54, 1.807) is 26.4 Å². The summed E-state index contributed by atoms with van der Waals surface area (Å²) < 4.78 is 21.0. The van der Waals surface area contributed by atoms with Crippen LogP contribution in [0.4, 0.5) is 5.69 Å². The number of nitrogens with one attached hydrogen (secondary N) is 1. The molecule has 7 heteroatoms. The van der Waals surface area contributed by atoms with Crippen LogP contribution in [0.5, 0.6) is 23.0 Å². The smallest absolute Gasteiger partial charge is 0.224 e. The van der Waals surface area contributed by atoms with Gasteiger partial charge in [-0.2, -0.15) is 0 Å². The zero-order valence-electron chi connectivity index (χ0n) is 15.2. The van der Waals surface area contributed by atoms with E-state index >= 15 is 0 Å². The first kappa shape index (κ1) is 19.7. The lowest BCUT2D eigenvalue weighted by atomic mass is 10.1. The number of anilines is 1. The molecule has 2 aromatic carbocycles. The minimum absolute atomic E-state index is 0.172. The fraction of sp³-hybridized carbons (Fsp3) is 0.316. The molecular formula is C19H22ClNO5. The Bertz CT molecular complexity index is 779. The minimum Gasteiger partial charge on any atom is -0.497 e. The number of aryl methyl sites for hydroxylation is 1. The van der Waals surface area contributed by atoms with Gasteiger partial charge >= 0.3 is 0 Å². The highest BCUT2D eigenvalue weighted by molar-refractivity contribution is 6.32. The van der Waals surface area contributed by atoms with E-state index in [1.165, 1.54) is 14.2 Å². The highest BCUT2D eigenvalue weighted by Gasteiger charge is 2.14. The summed E-state index contributed by atoms with van der Waals surface area (Å²) in [5, 5.41) is 3.20. The first-order chi connectivity index (χ1) is 12.5. The molecule has 0 fully saturated rings. The maximum absolute atomic E-state index is 12.4. The van der Waals surface area contributed by atoms with Crippen LogP contribution < -0.4 is 24.3 Å². The Labute approximate surface area is 158 Å². The second-order valence-corrected chi connectivity index (χ2v) is 5.82. The third kappa shape index (κ3) is 4.73.